The molecule has 2 N–H and O–H groups in total. The number of hydrogen-bond donors (Lipinski definition) is 2. The van der Waals surface area contributed by atoms with E-state index in [1.54, 1.807) is 36.2 Å². The topological polar surface area (TPSA) is 97.0 Å². The Morgan fingerprint density at radius 2 is 1.94 bits per heavy atom. The molecular formula is C27H32ClN3O5. The van der Waals surface area contributed by atoms with Crippen LogP contribution in [0, 0.1) is 0 Å². The third kappa shape index (κ3) is 6.17. The van der Waals surface area contributed by atoms with Crippen LogP contribution in [0.25, 0.3) is 0 Å². The Morgan fingerprint density at radius 3 is 2.72 bits per heavy atom. The van der Waals surface area contributed by atoms with E-state index in [4.69, 9.17) is 21.1 Å². The first-order chi connectivity index (χ1) is 17.4. The number of carbonyl (C=O) groups excluding carboxylic acids is 3. The molecule has 0 aromatic heterocycles. The van der Waals surface area contributed by atoms with Gasteiger partial charge in [-0.1, -0.05) is 36.7 Å². The zero-order valence-electron chi connectivity index (χ0n) is 20.6. The zero-order chi connectivity index (χ0) is 25.7. The van der Waals surface area contributed by atoms with Gasteiger partial charge in [0.2, 0.25) is 11.8 Å². The number of likely N-dealkylation sites (N-methyl/N-ethyl adjacent to an activating group) is 1. The fourth-order valence-electron chi connectivity index (χ4n) is 4.67. The number of anilines is 1. The van der Waals surface area contributed by atoms with Gasteiger partial charge in [0.25, 0.3) is 5.91 Å². The average molecular weight is 514 g/mol. The Bertz CT molecular complexity index is 1120. The summed E-state index contributed by atoms with van der Waals surface area (Å²) in [7, 11) is 1.76. The van der Waals surface area contributed by atoms with Crippen LogP contribution >= 0.6 is 11.6 Å². The van der Waals surface area contributed by atoms with Crippen molar-refractivity contribution in [2.75, 3.05) is 19.0 Å². The number of fused-ring (bicyclic) bond motifs is 2. The molecule has 2 aromatic rings. The number of rotatable bonds is 7. The number of amides is 3. The standard InChI is InChI=1S/C27H32ClN3O5/c1-3-6-25(32)30-18-9-12-23-20(13-18)27(34)31(2)22-11-10-19(36-24(22)16-35-23)14-26(33)29-15-17-7-4-5-8-21(17)28/h4-5,7-9,12-13,19,22,24H,3,6,10-11,14-16H2,1-2H3,(H,29,33)(H,30,32)/t19-,22+,24+/m1/s1. The van der Waals surface area contributed by atoms with Gasteiger partial charge in [-0.2, -0.15) is 0 Å². The molecule has 0 saturated carbocycles. The summed E-state index contributed by atoms with van der Waals surface area (Å²) in [4.78, 5) is 39.5. The van der Waals surface area contributed by atoms with E-state index in [0.29, 0.717) is 47.8 Å². The summed E-state index contributed by atoms with van der Waals surface area (Å²) in [5.74, 6) is 0.0538. The van der Waals surface area contributed by atoms with Crippen molar-refractivity contribution in [3.05, 3.63) is 58.6 Å². The molecule has 2 heterocycles. The minimum Gasteiger partial charge on any atom is -0.490 e. The van der Waals surface area contributed by atoms with Crippen molar-refractivity contribution in [2.24, 2.45) is 0 Å². The van der Waals surface area contributed by atoms with Gasteiger partial charge in [0, 0.05) is 30.7 Å². The van der Waals surface area contributed by atoms with Crippen molar-refractivity contribution in [3.8, 4) is 5.75 Å². The summed E-state index contributed by atoms with van der Waals surface area (Å²) in [6, 6.07) is 12.3. The Morgan fingerprint density at radius 1 is 1.14 bits per heavy atom. The van der Waals surface area contributed by atoms with Crippen molar-refractivity contribution in [1.29, 1.82) is 0 Å². The highest BCUT2D eigenvalue weighted by Crippen LogP contribution is 2.32. The molecule has 2 aliphatic rings. The van der Waals surface area contributed by atoms with Crippen molar-refractivity contribution < 1.29 is 23.9 Å². The maximum absolute atomic E-state index is 13.3. The molecule has 1 fully saturated rings. The largest absolute Gasteiger partial charge is 0.490 e. The van der Waals surface area contributed by atoms with E-state index in [2.05, 4.69) is 10.6 Å². The third-order valence-electron chi connectivity index (χ3n) is 6.62. The van der Waals surface area contributed by atoms with Gasteiger partial charge in [-0.05, 0) is 49.1 Å². The first-order valence-electron chi connectivity index (χ1n) is 12.3. The lowest BCUT2D eigenvalue weighted by molar-refractivity contribution is -0.134. The smallest absolute Gasteiger partial charge is 0.257 e. The van der Waals surface area contributed by atoms with Crippen LogP contribution in [0.3, 0.4) is 0 Å². The highest BCUT2D eigenvalue weighted by Gasteiger charge is 2.39. The second kappa shape index (κ2) is 11.8. The Balaban J connectivity index is 1.38. The zero-order valence-corrected chi connectivity index (χ0v) is 21.3. The lowest BCUT2D eigenvalue weighted by Crippen LogP contribution is -2.53. The van der Waals surface area contributed by atoms with Gasteiger partial charge < -0.3 is 25.0 Å². The summed E-state index contributed by atoms with van der Waals surface area (Å²) >= 11 is 6.17. The molecule has 9 heteroatoms. The lowest BCUT2D eigenvalue weighted by Gasteiger charge is -2.42. The Hall–Kier alpha value is -3.10. The van der Waals surface area contributed by atoms with Crippen molar-refractivity contribution in [1.82, 2.24) is 10.2 Å². The molecule has 0 radical (unpaired) electrons. The fourth-order valence-corrected chi connectivity index (χ4v) is 4.87. The van der Waals surface area contributed by atoms with Crippen LogP contribution in [0.2, 0.25) is 5.02 Å². The Labute approximate surface area is 216 Å². The molecule has 0 bridgehead atoms. The summed E-state index contributed by atoms with van der Waals surface area (Å²) in [5, 5.41) is 6.36. The second-order valence-corrected chi connectivity index (χ2v) is 9.66. The monoisotopic (exact) mass is 513 g/mol. The quantitative estimate of drug-likeness (QED) is 0.579. The number of nitrogens with zero attached hydrogens (tertiary/aromatic N) is 1. The van der Waals surface area contributed by atoms with Crippen LogP contribution in [-0.4, -0.2) is 54.5 Å². The SMILES string of the molecule is CCCC(=O)Nc1ccc2c(c1)C(=O)N(C)[C@H]1CC[C@H](CC(=O)NCc3ccccc3Cl)O[C@H]1CO2. The summed E-state index contributed by atoms with van der Waals surface area (Å²) in [6.45, 7) is 2.55. The van der Waals surface area contributed by atoms with Gasteiger partial charge in [-0.15, -0.1) is 0 Å². The van der Waals surface area contributed by atoms with Crippen molar-refractivity contribution >= 4 is 35.0 Å². The van der Waals surface area contributed by atoms with E-state index >= 15 is 0 Å². The minimum absolute atomic E-state index is 0.0901. The van der Waals surface area contributed by atoms with E-state index < -0.39 is 0 Å². The van der Waals surface area contributed by atoms with Crippen molar-refractivity contribution in [3.63, 3.8) is 0 Å². The molecule has 2 aliphatic heterocycles. The molecule has 2 aromatic carbocycles. The van der Waals surface area contributed by atoms with Gasteiger partial charge in [0.15, 0.2) is 0 Å². The Kier molecular flexibility index (Phi) is 8.48. The van der Waals surface area contributed by atoms with Gasteiger partial charge in [-0.25, -0.2) is 0 Å². The first kappa shape index (κ1) is 26.0. The molecule has 0 aliphatic carbocycles. The lowest BCUT2D eigenvalue weighted by atomic mass is 9.94. The van der Waals surface area contributed by atoms with Gasteiger partial charge >= 0.3 is 0 Å². The van der Waals surface area contributed by atoms with Crippen molar-refractivity contribution in [2.45, 2.75) is 63.8 Å². The molecule has 0 spiro atoms. The summed E-state index contributed by atoms with van der Waals surface area (Å²) < 4.78 is 12.2. The van der Waals surface area contributed by atoms with Gasteiger partial charge in [0.05, 0.1) is 24.1 Å². The van der Waals surface area contributed by atoms with Crippen LogP contribution in [0.5, 0.6) is 5.75 Å². The predicted molar refractivity (Wildman–Crippen MR) is 137 cm³/mol. The van der Waals surface area contributed by atoms with E-state index in [1.807, 2.05) is 25.1 Å². The number of carbonyl (C=O) groups is 3. The van der Waals surface area contributed by atoms with Crippen LogP contribution in [0.15, 0.2) is 42.5 Å². The molecule has 8 nitrogen and oxygen atoms in total. The number of hydrogen-bond acceptors (Lipinski definition) is 5. The van der Waals surface area contributed by atoms with Crippen LogP contribution < -0.4 is 15.4 Å². The molecule has 1 saturated heterocycles. The average Bonchev–Trinajstić information content (AvgIpc) is 2.86. The highest BCUT2D eigenvalue weighted by molar-refractivity contribution is 6.31. The molecule has 36 heavy (non-hydrogen) atoms. The van der Waals surface area contributed by atoms with E-state index in [1.165, 1.54) is 0 Å². The van der Waals surface area contributed by atoms with Gasteiger partial charge in [0.1, 0.15) is 18.5 Å². The molecule has 3 amide bonds. The molecule has 0 unspecified atom stereocenters. The van der Waals surface area contributed by atoms with E-state index in [0.717, 1.165) is 12.0 Å². The fraction of sp³-hybridized carbons (Fsp3) is 0.444. The minimum atomic E-state index is -0.355. The first-order valence-corrected chi connectivity index (χ1v) is 12.7. The third-order valence-corrected chi connectivity index (χ3v) is 6.99. The van der Waals surface area contributed by atoms with Gasteiger partial charge in [-0.3, -0.25) is 14.4 Å². The predicted octanol–water partition coefficient (Wildman–Crippen LogP) is 4.17. The molecule has 4 rings (SSSR count). The number of benzene rings is 2. The molecular weight excluding hydrogens is 482 g/mol. The maximum atomic E-state index is 13.3. The normalized spacial score (nSPS) is 21.4. The van der Waals surface area contributed by atoms with E-state index in [9.17, 15) is 14.4 Å². The number of ether oxygens (including phenoxy) is 2. The number of nitrogens with one attached hydrogen (secondary N) is 2. The second-order valence-electron chi connectivity index (χ2n) is 9.25. The molecule has 3 atom stereocenters. The van der Waals surface area contributed by atoms with Crippen LogP contribution in [0.4, 0.5) is 5.69 Å². The number of halogens is 1. The summed E-state index contributed by atoms with van der Waals surface area (Å²) in [5.41, 5.74) is 1.83. The maximum Gasteiger partial charge on any atom is 0.257 e. The highest BCUT2D eigenvalue weighted by atomic mass is 35.5. The van der Waals surface area contributed by atoms with E-state index in [-0.39, 0.29) is 49.0 Å². The van der Waals surface area contributed by atoms with Crippen LogP contribution in [0.1, 0.15) is 54.9 Å². The summed E-state index contributed by atoms with van der Waals surface area (Å²) in [6.07, 6.45) is 2.11. The molecule has 192 valence electrons. The van der Waals surface area contributed by atoms with Crippen LogP contribution in [-0.2, 0) is 20.9 Å².